The van der Waals surface area contributed by atoms with E-state index in [1.165, 1.54) is 12.1 Å². The molecule has 0 aliphatic heterocycles. The maximum absolute atomic E-state index is 13.2. The van der Waals surface area contributed by atoms with Crippen molar-refractivity contribution in [3.63, 3.8) is 0 Å². The van der Waals surface area contributed by atoms with Crippen LogP contribution >= 0.6 is 0 Å². The van der Waals surface area contributed by atoms with Crippen molar-refractivity contribution in [2.45, 2.75) is 40.7 Å². The van der Waals surface area contributed by atoms with Crippen molar-refractivity contribution in [2.75, 3.05) is 5.32 Å². The second-order valence-corrected chi connectivity index (χ2v) is 6.59. The van der Waals surface area contributed by atoms with E-state index in [9.17, 15) is 9.18 Å². The molecule has 4 heteroatoms. The van der Waals surface area contributed by atoms with Crippen molar-refractivity contribution in [2.24, 2.45) is 5.41 Å². The molecule has 1 amide bonds. The summed E-state index contributed by atoms with van der Waals surface area (Å²) in [4.78, 5) is 12.3. The van der Waals surface area contributed by atoms with Crippen molar-refractivity contribution in [3.8, 4) is 5.75 Å². The molecule has 24 heavy (non-hydrogen) atoms. The molecule has 0 bridgehead atoms. The highest BCUT2D eigenvalue weighted by atomic mass is 19.1. The molecule has 2 aromatic rings. The summed E-state index contributed by atoms with van der Waals surface area (Å²) < 4.78 is 18.9. The number of carbonyl (C=O) groups is 1. The Labute approximate surface area is 142 Å². The Balaban J connectivity index is 2.03. The number of amides is 1. The molecule has 0 fully saturated rings. The number of ether oxygens (including phenoxy) is 1. The van der Waals surface area contributed by atoms with Crippen LogP contribution in [-0.2, 0) is 11.4 Å². The van der Waals surface area contributed by atoms with Gasteiger partial charge in [-0.05, 0) is 54.8 Å². The number of nitrogens with one attached hydrogen (secondary N) is 1. The van der Waals surface area contributed by atoms with E-state index in [2.05, 4.69) is 5.32 Å². The average Bonchev–Trinajstić information content (AvgIpc) is 2.55. The van der Waals surface area contributed by atoms with Gasteiger partial charge in [-0.25, -0.2) is 4.39 Å². The van der Waals surface area contributed by atoms with Crippen LogP contribution in [0.2, 0.25) is 0 Å². The number of hydrogen-bond acceptors (Lipinski definition) is 2. The summed E-state index contributed by atoms with van der Waals surface area (Å²) in [7, 11) is 0. The van der Waals surface area contributed by atoms with Crippen molar-refractivity contribution >= 4 is 11.6 Å². The van der Waals surface area contributed by atoms with E-state index < -0.39 is 5.41 Å². The van der Waals surface area contributed by atoms with E-state index in [1.807, 2.05) is 45.9 Å². The number of aryl methyl sites for hydroxylation is 1. The van der Waals surface area contributed by atoms with E-state index in [0.717, 1.165) is 23.2 Å². The van der Waals surface area contributed by atoms with Gasteiger partial charge in [-0.2, -0.15) is 0 Å². The molecule has 0 aliphatic rings. The van der Waals surface area contributed by atoms with Gasteiger partial charge in [0.05, 0.1) is 0 Å². The van der Waals surface area contributed by atoms with Gasteiger partial charge < -0.3 is 10.1 Å². The third-order valence-corrected chi connectivity index (χ3v) is 4.24. The normalized spacial score (nSPS) is 11.2. The SMILES string of the molecule is CCC(C)(C)C(=O)Nc1ccc(OCc2cccc(F)c2)cc1C. The topological polar surface area (TPSA) is 38.3 Å². The van der Waals surface area contributed by atoms with Gasteiger partial charge in [0.2, 0.25) is 5.91 Å². The lowest BCUT2D eigenvalue weighted by molar-refractivity contribution is -0.124. The lowest BCUT2D eigenvalue weighted by Crippen LogP contribution is -2.30. The van der Waals surface area contributed by atoms with Gasteiger partial charge in [-0.1, -0.05) is 32.9 Å². The lowest BCUT2D eigenvalue weighted by atomic mass is 9.89. The third-order valence-electron chi connectivity index (χ3n) is 4.24. The van der Waals surface area contributed by atoms with Crippen LogP contribution in [0.3, 0.4) is 0 Å². The molecule has 0 aliphatic carbocycles. The Kier molecular flexibility index (Phi) is 5.60. The van der Waals surface area contributed by atoms with Crippen LogP contribution in [0.15, 0.2) is 42.5 Å². The number of anilines is 1. The summed E-state index contributed by atoms with van der Waals surface area (Å²) in [5.41, 5.74) is 2.07. The predicted molar refractivity (Wildman–Crippen MR) is 94.6 cm³/mol. The predicted octanol–water partition coefficient (Wildman–Crippen LogP) is 5.09. The number of hydrogen-bond donors (Lipinski definition) is 1. The van der Waals surface area contributed by atoms with Crippen LogP contribution in [0.5, 0.6) is 5.75 Å². The fourth-order valence-electron chi connectivity index (χ4n) is 2.11. The van der Waals surface area contributed by atoms with Gasteiger partial charge in [0.1, 0.15) is 18.2 Å². The molecule has 0 saturated heterocycles. The second kappa shape index (κ2) is 7.47. The summed E-state index contributed by atoms with van der Waals surface area (Å²) in [6.07, 6.45) is 0.771. The van der Waals surface area contributed by atoms with Crippen LogP contribution in [0, 0.1) is 18.2 Å². The van der Waals surface area contributed by atoms with Crippen LogP contribution in [0.25, 0.3) is 0 Å². The highest BCUT2D eigenvalue weighted by Gasteiger charge is 2.25. The molecule has 1 N–H and O–H groups in total. The summed E-state index contributed by atoms with van der Waals surface area (Å²) in [6, 6.07) is 11.8. The van der Waals surface area contributed by atoms with Crippen molar-refractivity contribution in [3.05, 3.63) is 59.4 Å². The molecule has 0 unspecified atom stereocenters. The molecule has 0 radical (unpaired) electrons. The maximum Gasteiger partial charge on any atom is 0.230 e. The second-order valence-electron chi connectivity index (χ2n) is 6.59. The molecule has 2 aromatic carbocycles. The van der Waals surface area contributed by atoms with Gasteiger partial charge in [0.25, 0.3) is 0 Å². The van der Waals surface area contributed by atoms with E-state index in [1.54, 1.807) is 12.1 Å². The molecule has 0 atom stereocenters. The summed E-state index contributed by atoms with van der Waals surface area (Å²) in [5, 5.41) is 2.97. The maximum atomic E-state index is 13.2. The van der Waals surface area contributed by atoms with E-state index in [0.29, 0.717) is 12.4 Å². The first-order chi connectivity index (χ1) is 11.3. The van der Waals surface area contributed by atoms with Crippen molar-refractivity contribution in [1.29, 1.82) is 0 Å². The van der Waals surface area contributed by atoms with Gasteiger partial charge >= 0.3 is 0 Å². The highest BCUT2D eigenvalue weighted by Crippen LogP contribution is 2.26. The molecule has 0 heterocycles. The standard InChI is InChI=1S/C20H24FNO2/c1-5-20(3,4)19(23)22-18-10-9-17(11-14(18)2)24-13-15-7-6-8-16(21)12-15/h6-12H,5,13H2,1-4H3,(H,22,23). The molecular formula is C20H24FNO2. The third kappa shape index (κ3) is 4.57. The van der Waals surface area contributed by atoms with Gasteiger partial charge in [0.15, 0.2) is 0 Å². The van der Waals surface area contributed by atoms with Crippen molar-refractivity contribution < 1.29 is 13.9 Å². The van der Waals surface area contributed by atoms with Crippen LogP contribution in [0.4, 0.5) is 10.1 Å². The molecule has 2 rings (SSSR count). The first kappa shape index (κ1) is 18.0. The van der Waals surface area contributed by atoms with Crippen LogP contribution < -0.4 is 10.1 Å². The molecule has 0 saturated carbocycles. The number of carbonyl (C=O) groups excluding carboxylic acids is 1. The van der Waals surface area contributed by atoms with Crippen LogP contribution in [-0.4, -0.2) is 5.91 Å². The highest BCUT2D eigenvalue weighted by molar-refractivity contribution is 5.95. The fourth-order valence-corrected chi connectivity index (χ4v) is 2.11. The molecule has 0 spiro atoms. The molecule has 128 valence electrons. The summed E-state index contributed by atoms with van der Waals surface area (Å²) in [6.45, 7) is 8.06. The summed E-state index contributed by atoms with van der Waals surface area (Å²) in [5.74, 6) is 0.412. The first-order valence-electron chi connectivity index (χ1n) is 8.11. The monoisotopic (exact) mass is 329 g/mol. The summed E-state index contributed by atoms with van der Waals surface area (Å²) >= 11 is 0. The fraction of sp³-hybridized carbons (Fsp3) is 0.350. The van der Waals surface area contributed by atoms with E-state index in [-0.39, 0.29) is 11.7 Å². The van der Waals surface area contributed by atoms with E-state index >= 15 is 0 Å². The molecular weight excluding hydrogens is 305 g/mol. The minimum absolute atomic E-state index is 0.00142. The zero-order valence-corrected chi connectivity index (χ0v) is 14.7. The van der Waals surface area contributed by atoms with E-state index in [4.69, 9.17) is 4.74 Å². The van der Waals surface area contributed by atoms with Crippen molar-refractivity contribution in [1.82, 2.24) is 0 Å². The minimum atomic E-state index is -0.404. The largest absolute Gasteiger partial charge is 0.489 e. The van der Waals surface area contributed by atoms with Gasteiger partial charge in [0, 0.05) is 11.1 Å². The Bertz CT molecular complexity index is 725. The smallest absolute Gasteiger partial charge is 0.230 e. The Morgan fingerprint density at radius 3 is 2.58 bits per heavy atom. The minimum Gasteiger partial charge on any atom is -0.489 e. The molecule has 0 aromatic heterocycles. The zero-order chi connectivity index (χ0) is 17.7. The Morgan fingerprint density at radius 1 is 1.21 bits per heavy atom. The molecule has 3 nitrogen and oxygen atoms in total. The number of benzene rings is 2. The van der Waals surface area contributed by atoms with Crippen LogP contribution in [0.1, 0.15) is 38.3 Å². The Morgan fingerprint density at radius 2 is 1.96 bits per heavy atom. The number of rotatable bonds is 6. The number of halogens is 1. The first-order valence-corrected chi connectivity index (χ1v) is 8.11. The average molecular weight is 329 g/mol. The lowest BCUT2D eigenvalue weighted by Gasteiger charge is -2.22. The van der Waals surface area contributed by atoms with Gasteiger partial charge in [-0.3, -0.25) is 4.79 Å². The van der Waals surface area contributed by atoms with Gasteiger partial charge in [-0.15, -0.1) is 0 Å². The Hall–Kier alpha value is -2.36. The quantitative estimate of drug-likeness (QED) is 0.802. The zero-order valence-electron chi connectivity index (χ0n) is 14.7.